The van der Waals surface area contributed by atoms with E-state index in [9.17, 15) is 4.79 Å². The molecule has 2 rings (SSSR count). The van der Waals surface area contributed by atoms with Gasteiger partial charge in [0.05, 0.1) is 27.8 Å². The summed E-state index contributed by atoms with van der Waals surface area (Å²) in [7, 11) is 4.69. The fourth-order valence-corrected chi connectivity index (χ4v) is 2.86. The molecule has 1 atom stereocenters. The second-order valence-corrected chi connectivity index (χ2v) is 5.71. The number of methoxy groups -OCH3 is 3. The van der Waals surface area contributed by atoms with Crippen LogP contribution in [0.1, 0.15) is 18.4 Å². The number of ether oxygens (including phenoxy) is 3. The highest BCUT2D eigenvalue weighted by molar-refractivity contribution is 5.79. The summed E-state index contributed by atoms with van der Waals surface area (Å²) >= 11 is 0. The summed E-state index contributed by atoms with van der Waals surface area (Å²) in [4.78, 5) is 12.1. The van der Waals surface area contributed by atoms with Crippen LogP contribution in [-0.2, 0) is 11.2 Å². The van der Waals surface area contributed by atoms with Gasteiger partial charge in [-0.05, 0) is 49.5 Å². The van der Waals surface area contributed by atoms with E-state index in [1.54, 1.807) is 21.3 Å². The molecular weight excluding hydrogens is 296 g/mol. The van der Waals surface area contributed by atoms with E-state index in [1.807, 2.05) is 12.1 Å². The van der Waals surface area contributed by atoms with Crippen LogP contribution in [0.2, 0.25) is 0 Å². The van der Waals surface area contributed by atoms with Crippen molar-refractivity contribution in [2.24, 2.45) is 5.92 Å². The summed E-state index contributed by atoms with van der Waals surface area (Å²) in [6.07, 6.45) is 2.51. The van der Waals surface area contributed by atoms with Gasteiger partial charge in [-0.3, -0.25) is 4.79 Å². The Morgan fingerprint density at radius 2 is 1.91 bits per heavy atom. The topological polar surface area (TPSA) is 68.8 Å². The minimum atomic E-state index is 0.00484. The van der Waals surface area contributed by atoms with Crippen molar-refractivity contribution in [1.82, 2.24) is 10.6 Å². The SMILES string of the molecule is COc1cc(CC(=O)NCCC2CCNC2)cc(OC)c1OC. The Kier molecular flexibility index (Phi) is 6.52. The first-order valence-corrected chi connectivity index (χ1v) is 7.94. The van der Waals surface area contributed by atoms with Gasteiger partial charge >= 0.3 is 0 Å². The Labute approximate surface area is 137 Å². The second-order valence-electron chi connectivity index (χ2n) is 5.71. The van der Waals surface area contributed by atoms with Gasteiger partial charge in [0, 0.05) is 6.54 Å². The molecule has 128 valence electrons. The molecule has 1 aromatic carbocycles. The fraction of sp³-hybridized carbons (Fsp3) is 0.588. The Morgan fingerprint density at radius 1 is 1.22 bits per heavy atom. The van der Waals surface area contributed by atoms with Gasteiger partial charge in [-0.1, -0.05) is 0 Å². The molecule has 1 heterocycles. The Balaban J connectivity index is 1.91. The molecule has 1 aromatic rings. The van der Waals surface area contributed by atoms with E-state index in [0.717, 1.165) is 31.6 Å². The summed E-state index contributed by atoms with van der Waals surface area (Å²) in [5.74, 6) is 2.34. The van der Waals surface area contributed by atoms with Crippen LogP contribution in [0.4, 0.5) is 0 Å². The first kappa shape index (κ1) is 17.4. The van der Waals surface area contributed by atoms with E-state index >= 15 is 0 Å². The summed E-state index contributed by atoms with van der Waals surface area (Å²) in [5.41, 5.74) is 0.833. The molecule has 1 aliphatic heterocycles. The minimum Gasteiger partial charge on any atom is -0.493 e. The third-order valence-electron chi connectivity index (χ3n) is 4.13. The van der Waals surface area contributed by atoms with Gasteiger partial charge in [0.1, 0.15) is 0 Å². The minimum absolute atomic E-state index is 0.00484. The lowest BCUT2D eigenvalue weighted by atomic mass is 10.1. The zero-order valence-corrected chi connectivity index (χ0v) is 14.1. The molecular formula is C17H26N2O4. The smallest absolute Gasteiger partial charge is 0.224 e. The van der Waals surface area contributed by atoms with Gasteiger partial charge in [0.15, 0.2) is 11.5 Å². The average Bonchev–Trinajstić information content (AvgIpc) is 3.07. The summed E-state index contributed by atoms with van der Waals surface area (Å²) < 4.78 is 15.9. The number of rotatable bonds is 8. The standard InChI is InChI=1S/C17H26N2O4/c1-21-14-8-13(9-15(22-2)17(14)23-3)10-16(20)19-7-5-12-4-6-18-11-12/h8-9,12,18H,4-7,10-11H2,1-3H3,(H,19,20). The van der Waals surface area contributed by atoms with Crippen LogP contribution >= 0.6 is 0 Å². The Bertz CT molecular complexity index is 502. The van der Waals surface area contributed by atoms with E-state index in [4.69, 9.17) is 14.2 Å². The van der Waals surface area contributed by atoms with E-state index in [1.165, 1.54) is 6.42 Å². The normalized spacial score (nSPS) is 16.9. The van der Waals surface area contributed by atoms with E-state index in [2.05, 4.69) is 10.6 Å². The van der Waals surface area contributed by atoms with Crippen molar-refractivity contribution in [1.29, 1.82) is 0 Å². The van der Waals surface area contributed by atoms with Crippen LogP contribution in [-0.4, -0.2) is 46.9 Å². The zero-order valence-electron chi connectivity index (χ0n) is 14.1. The van der Waals surface area contributed by atoms with Crippen molar-refractivity contribution in [2.75, 3.05) is 41.0 Å². The van der Waals surface area contributed by atoms with Gasteiger partial charge in [-0.15, -0.1) is 0 Å². The lowest BCUT2D eigenvalue weighted by Crippen LogP contribution is -2.27. The highest BCUT2D eigenvalue weighted by Crippen LogP contribution is 2.38. The molecule has 2 N–H and O–H groups in total. The number of benzene rings is 1. The molecule has 6 nitrogen and oxygen atoms in total. The molecule has 1 amide bonds. The predicted molar refractivity (Wildman–Crippen MR) is 88.4 cm³/mol. The molecule has 1 fully saturated rings. The summed E-state index contributed by atoms with van der Waals surface area (Å²) in [6.45, 7) is 2.86. The molecule has 0 spiro atoms. The first-order chi connectivity index (χ1) is 11.2. The average molecular weight is 322 g/mol. The Morgan fingerprint density at radius 3 is 2.43 bits per heavy atom. The number of hydrogen-bond acceptors (Lipinski definition) is 5. The lowest BCUT2D eigenvalue weighted by Gasteiger charge is -2.14. The van der Waals surface area contributed by atoms with Crippen molar-refractivity contribution in [3.05, 3.63) is 17.7 Å². The largest absolute Gasteiger partial charge is 0.493 e. The highest BCUT2D eigenvalue weighted by Gasteiger charge is 2.16. The van der Waals surface area contributed by atoms with Crippen molar-refractivity contribution in [2.45, 2.75) is 19.3 Å². The molecule has 1 aliphatic rings. The van der Waals surface area contributed by atoms with Crippen molar-refractivity contribution in [3.63, 3.8) is 0 Å². The van der Waals surface area contributed by atoms with Crippen LogP contribution in [0.15, 0.2) is 12.1 Å². The van der Waals surface area contributed by atoms with Gasteiger partial charge in [-0.2, -0.15) is 0 Å². The van der Waals surface area contributed by atoms with Crippen LogP contribution < -0.4 is 24.8 Å². The highest BCUT2D eigenvalue weighted by atomic mass is 16.5. The maximum Gasteiger partial charge on any atom is 0.224 e. The number of amides is 1. The second kappa shape index (κ2) is 8.62. The van der Waals surface area contributed by atoms with Crippen molar-refractivity contribution < 1.29 is 19.0 Å². The maximum atomic E-state index is 12.1. The maximum absolute atomic E-state index is 12.1. The molecule has 1 unspecified atom stereocenters. The lowest BCUT2D eigenvalue weighted by molar-refractivity contribution is -0.120. The predicted octanol–water partition coefficient (Wildman–Crippen LogP) is 1.37. The fourth-order valence-electron chi connectivity index (χ4n) is 2.86. The monoisotopic (exact) mass is 322 g/mol. The van der Waals surface area contributed by atoms with E-state index in [-0.39, 0.29) is 5.91 Å². The molecule has 6 heteroatoms. The quantitative estimate of drug-likeness (QED) is 0.756. The number of nitrogens with one attached hydrogen (secondary N) is 2. The van der Waals surface area contributed by atoms with Gasteiger partial charge in [-0.25, -0.2) is 0 Å². The number of hydrogen-bond donors (Lipinski definition) is 2. The molecule has 0 saturated carbocycles. The van der Waals surface area contributed by atoms with Crippen LogP contribution in [0.3, 0.4) is 0 Å². The first-order valence-electron chi connectivity index (χ1n) is 7.94. The van der Waals surface area contributed by atoms with Gasteiger partial charge in [0.25, 0.3) is 0 Å². The van der Waals surface area contributed by atoms with Crippen molar-refractivity contribution >= 4 is 5.91 Å². The molecule has 0 aromatic heterocycles. The molecule has 0 aliphatic carbocycles. The van der Waals surface area contributed by atoms with E-state index < -0.39 is 0 Å². The van der Waals surface area contributed by atoms with Gasteiger partial charge in [0.2, 0.25) is 11.7 Å². The van der Waals surface area contributed by atoms with Crippen LogP contribution in [0.5, 0.6) is 17.2 Å². The number of carbonyl (C=O) groups is 1. The third-order valence-corrected chi connectivity index (χ3v) is 4.13. The van der Waals surface area contributed by atoms with E-state index in [0.29, 0.717) is 29.6 Å². The Hall–Kier alpha value is -1.95. The molecule has 1 saturated heterocycles. The van der Waals surface area contributed by atoms with Crippen molar-refractivity contribution in [3.8, 4) is 17.2 Å². The third kappa shape index (κ3) is 4.76. The number of carbonyl (C=O) groups excluding carboxylic acids is 1. The van der Waals surface area contributed by atoms with Crippen LogP contribution in [0, 0.1) is 5.92 Å². The van der Waals surface area contributed by atoms with Crippen LogP contribution in [0.25, 0.3) is 0 Å². The molecule has 0 radical (unpaired) electrons. The summed E-state index contributed by atoms with van der Waals surface area (Å²) in [6, 6.07) is 3.61. The molecule has 23 heavy (non-hydrogen) atoms. The summed E-state index contributed by atoms with van der Waals surface area (Å²) in [5, 5.41) is 6.32. The van der Waals surface area contributed by atoms with Gasteiger partial charge < -0.3 is 24.8 Å². The zero-order chi connectivity index (χ0) is 16.7. The molecule has 0 bridgehead atoms.